The van der Waals surface area contributed by atoms with Crippen LogP contribution in [-0.2, 0) is 12.8 Å². The number of hydrogen-bond acceptors (Lipinski definition) is 5. The van der Waals surface area contributed by atoms with Crippen LogP contribution in [0.15, 0.2) is 29.8 Å². The third-order valence-electron chi connectivity index (χ3n) is 5.61. The molecule has 5 nitrogen and oxygen atoms in total. The summed E-state index contributed by atoms with van der Waals surface area (Å²) in [6.45, 7) is 7.73. The Labute approximate surface area is 170 Å². The summed E-state index contributed by atoms with van der Waals surface area (Å²) in [5, 5.41) is 13.7. The molecule has 1 N–H and O–H groups in total. The zero-order valence-corrected chi connectivity index (χ0v) is 17.3. The van der Waals surface area contributed by atoms with E-state index in [-0.39, 0.29) is 0 Å². The fourth-order valence-corrected chi connectivity index (χ4v) is 4.83. The zero-order valence-electron chi connectivity index (χ0n) is 16.4. The number of rotatable bonds is 7. The fraction of sp³-hybridized carbons (Fsp3) is 0.455. The molecule has 0 spiro atoms. The van der Waals surface area contributed by atoms with Gasteiger partial charge >= 0.3 is 0 Å². The molecule has 1 fully saturated rings. The topological polar surface area (TPSA) is 59.0 Å². The third kappa shape index (κ3) is 4.21. The molecule has 1 aliphatic rings. The van der Waals surface area contributed by atoms with Gasteiger partial charge in [0, 0.05) is 48.7 Å². The Bertz CT molecular complexity index is 959. The van der Waals surface area contributed by atoms with E-state index in [1.165, 1.54) is 34.6 Å². The number of hydrogen-bond donors (Lipinski definition) is 1. The van der Waals surface area contributed by atoms with Crippen LogP contribution in [0.25, 0.3) is 10.9 Å². The fourth-order valence-electron chi connectivity index (χ4n) is 3.87. The van der Waals surface area contributed by atoms with Gasteiger partial charge in [0.15, 0.2) is 5.13 Å². The molecule has 28 heavy (non-hydrogen) atoms. The van der Waals surface area contributed by atoms with Crippen molar-refractivity contribution in [2.75, 3.05) is 37.6 Å². The Kier molecular flexibility index (Phi) is 5.94. The molecule has 3 aromatic rings. The van der Waals surface area contributed by atoms with Gasteiger partial charge in [-0.15, -0.1) is 11.3 Å². The number of nitrogens with zero attached hydrogens (tertiary/aromatic N) is 4. The van der Waals surface area contributed by atoms with Gasteiger partial charge in [0.25, 0.3) is 0 Å². The highest BCUT2D eigenvalue weighted by Crippen LogP contribution is 2.23. The molecule has 1 saturated heterocycles. The monoisotopic (exact) mass is 393 g/mol. The van der Waals surface area contributed by atoms with Crippen molar-refractivity contribution in [2.24, 2.45) is 0 Å². The molecule has 0 amide bonds. The average Bonchev–Trinajstić information content (AvgIpc) is 3.38. The van der Waals surface area contributed by atoms with Crippen molar-refractivity contribution in [1.82, 2.24) is 14.9 Å². The second-order valence-electron chi connectivity index (χ2n) is 7.45. The second kappa shape index (κ2) is 8.76. The van der Waals surface area contributed by atoms with Crippen LogP contribution < -0.4 is 4.90 Å². The SMILES string of the molecule is CCc1csc(N2CCN(CCCCc3c[nH]c4ccc(C#N)cc34)CC2)n1. The number of aromatic nitrogens is 2. The van der Waals surface area contributed by atoms with Gasteiger partial charge in [-0.1, -0.05) is 6.92 Å². The van der Waals surface area contributed by atoms with Crippen LogP contribution in [0, 0.1) is 11.3 Å². The van der Waals surface area contributed by atoms with Crippen LogP contribution in [-0.4, -0.2) is 47.6 Å². The van der Waals surface area contributed by atoms with E-state index in [0.717, 1.165) is 56.6 Å². The number of piperazine rings is 1. The molecule has 0 radical (unpaired) electrons. The molecule has 6 heteroatoms. The number of unbranched alkanes of at least 4 members (excludes halogenated alkanes) is 1. The summed E-state index contributed by atoms with van der Waals surface area (Å²) >= 11 is 1.78. The first kappa shape index (κ1) is 19.0. The number of nitrogens with one attached hydrogen (secondary N) is 1. The number of aromatic amines is 1. The number of aryl methyl sites for hydroxylation is 2. The minimum Gasteiger partial charge on any atom is -0.361 e. The van der Waals surface area contributed by atoms with Crippen LogP contribution in [0.5, 0.6) is 0 Å². The summed E-state index contributed by atoms with van der Waals surface area (Å²) in [6, 6.07) is 8.12. The summed E-state index contributed by atoms with van der Waals surface area (Å²) in [6.07, 6.45) is 6.57. The normalized spacial score (nSPS) is 15.2. The third-order valence-corrected chi connectivity index (χ3v) is 6.56. The van der Waals surface area contributed by atoms with Crippen molar-refractivity contribution in [3.05, 3.63) is 46.6 Å². The van der Waals surface area contributed by atoms with E-state index in [9.17, 15) is 0 Å². The van der Waals surface area contributed by atoms with Gasteiger partial charge in [0.2, 0.25) is 0 Å². The maximum absolute atomic E-state index is 9.12. The van der Waals surface area contributed by atoms with E-state index >= 15 is 0 Å². The predicted molar refractivity (Wildman–Crippen MR) is 116 cm³/mol. The second-order valence-corrected chi connectivity index (χ2v) is 8.28. The minimum absolute atomic E-state index is 0.734. The number of H-pyrrole nitrogens is 1. The van der Waals surface area contributed by atoms with E-state index in [4.69, 9.17) is 10.2 Å². The van der Waals surface area contributed by atoms with E-state index in [0.29, 0.717) is 0 Å². The maximum atomic E-state index is 9.12. The molecule has 2 aromatic heterocycles. The van der Waals surface area contributed by atoms with Crippen molar-refractivity contribution in [3.8, 4) is 6.07 Å². The molecular formula is C22H27N5S. The first-order chi connectivity index (χ1) is 13.8. The molecule has 146 valence electrons. The number of thiazole rings is 1. The first-order valence-corrected chi connectivity index (χ1v) is 11.1. The van der Waals surface area contributed by atoms with Gasteiger partial charge in [-0.25, -0.2) is 4.98 Å². The molecule has 0 bridgehead atoms. The Hall–Kier alpha value is -2.36. The van der Waals surface area contributed by atoms with Gasteiger partial charge < -0.3 is 9.88 Å². The number of fused-ring (bicyclic) bond motifs is 1. The molecule has 0 aliphatic carbocycles. The number of nitriles is 1. The van der Waals surface area contributed by atoms with Gasteiger partial charge in [0.05, 0.1) is 17.3 Å². The van der Waals surface area contributed by atoms with E-state index < -0.39 is 0 Å². The van der Waals surface area contributed by atoms with E-state index in [2.05, 4.69) is 39.4 Å². The van der Waals surface area contributed by atoms with Crippen LogP contribution >= 0.6 is 11.3 Å². The van der Waals surface area contributed by atoms with Gasteiger partial charge in [-0.3, -0.25) is 4.90 Å². The average molecular weight is 394 g/mol. The molecule has 1 aliphatic heterocycles. The molecular weight excluding hydrogens is 366 g/mol. The minimum atomic E-state index is 0.734. The Morgan fingerprint density at radius 1 is 1.21 bits per heavy atom. The highest BCUT2D eigenvalue weighted by atomic mass is 32.1. The van der Waals surface area contributed by atoms with Crippen LogP contribution in [0.3, 0.4) is 0 Å². The quantitative estimate of drug-likeness (QED) is 0.611. The summed E-state index contributed by atoms with van der Waals surface area (Å²) in [4.78, 5) is 13.1. The van der Waals surface area contributed by atoms with Crippen molar-refractivity contribution in [1.29, 1.82) is 5.26 Å². The van der Waals surface area contributed by atoms with E-state index in [1.807, 2.05) is 18.2 Å². The molecule has 3 heterocycles. The largest absolute Gasteiger partial charge is 0.361 e. The number of benzene rings is 1. The van der Waals surface area contributed by atoms with Crippen LogP contribution in [0.2, 0.25) is 0 Å². The van der Waals surface area contributed by atoms with Crippen LogP contribution in [0.1, 0.15) is 36.6 Å². The van der Waals surface area contributed by atoms with Gasteiger partial charge in [-0.05, 0) is 56.0 Å². The summed E-state index contributed by atoms with van der Waals surface area (Å²) in [7, 11) is 0. The first-order valence-electron chi connectivity index (χ1n) is 10.2. The highest BCUT2D eigenvalue weighted by Gasteiger charge is 2.19. The molecule has 0 saturated carbocycles. The zero-order chi connectivity index (χ0) is 19.3. The molecule has 1 aromatic carbocycles. The van der Waals surface area contributed by atoms with Gasteiger partial charge in [0.1, 0.15) is 0 Å². The number of anilines is 1. The lowest BCUT2D eigenvalue weighted by Gasteiger charge is -2.34. The van der Waals surface area contributed by atoms with E-state index in [1.54, 1.807) is 11.3 Å². The van der Waals surface area contributed by atoms with Crippen molar-refractivity contribution in [3.63, 3.8) is 0 Å². The smallest absolute Gasteiger partial charge is 0.185 e. The molecule has 4 rings (SSSR count). The Morgan fingerprint density at radius 3 is 2.82 bits per heavy atom. The highest BCUT2D eigenvalue weighted by molar-refractivity contribution is 7.13. The van der Waals surface area contributed by atoms with Crippen molar-refractivity contribution >= 4 is 27.4 Å². The predicted octanol–water partition coefficient (Wildman–Crippen LogP) is 4.20. The lowest BCUT2D eigenvalue weighted by atomic mass is 10.1. The lowest BCUT2D eigenvalue weighted by molar-refractivity contribution is 0.253. The standard InChI is InChI=1S/C22H27N5S/c1-2-19-16-28-22(25-19)27-11-9-26(10-12-27)8-4-3-5-18-15-24-21-7-6-17(14-23)13-20(18)21/h6-7,13,15-16,24H,2-5,8-12H2,1H3. The van der Waals surface area contributed by atoms with Crippen molar-refractivity contribution < 1.29 is 0 Å². The Morgan fingerprint density at radius 2 is 2.07 bits per heavy atom. The van der Waals surface area contributed by atoms with Gasteiger partial charge in [-0.2, -0.15) is 5.26 Å². The summed E-state index contributed by atoms with van der Waals surface area (Å²) in [5.74, 6) is 0. The van der Waals surface area contributed by atoms with Crippen molar-refractivity contribution in [2.45, 2.75) is 32.6 Å². The molecule has 0 atom stereocenters. The maximum Gasteiger partial charge on any atom is 0.185 e. The summed E-state index contributed by atoms with van der Waals surface area (Å²) < 4.78 is 0. The van der Waals surface area contributed by atoms with Crippen LogP contribution in [0.4, 0.5) is 5.13 Å². The summed E-state index contributed by atoms with van der Waals surface area (Å²) in [5.41, 5.74) is 4.39. The Balaban J connectivity index is 1.22. The molecule has 0 unspecified atom stereocenters. The lowest BCUT2D eigenvalue weighted by Crippen LogP contribution is -2.46.